The lowest BCUT2D eigenvalue weighted by atomic mass is 9.93. The predicted molar refractivity (Wildman–Crippen MR) is 113 cm³/mol. The van der Waals surface area contributed by atoms with Crippen LogP contribution in [0.5, 0.6) is 0 Å². The summed E-state index contributed by atoms with van der Waals surface area (Å²) in [6, 6.07) is 10.6. The van der Waals surface area contributed by atoms with Crippen molar-refractivity contribution in [2.45, 2.75) is 44.6 Å². The lowest BCUT2D eigenvalue weighted by Crippen LogP contribution is -2.45. The Bertz CT molecular complexity index is 918. The topological polar surface area (TPSA) is 74.5 Å². The lowest BCUT2D eigenvalue weighted by Gasteiger charge is -2.33. The van der Waals surface area contributed by atoms with Crippen LogP contribution in [0.4, 0.5) is 11.7 Å². The van der Waals surface area contributed by atoms with Crippen LogP contribution in [-0.4, -0.2) is 53.2 Å². The summed E-state index contributed by atoms with van der Waals surface area (Å²) in [6.45, 7) is 5.72. The number of hydrogen-bond donors (Lipinski definition) is 1. The molecule has 7 heteroatoms. The molecule has 4 aliphatic rings. The molecular weight excluding hydrogens is 378 g/mol. The quantitative estimate of drug-likeness (QED) is 0.821. The summed E-state index contributed by atoms with van der Waals surface area (Å²) in [4.78, 5) is 17.2. The molecule has 0 bridgehead atoms. The maximum atomic E-state index is 12.8. The number of benzene rings is 1. The average Bonchev–Trinajstić information content (AvgIpc) is 3.55. The summed E-state index contributed by atoms with van der Waals surface area (Å²) in [5, 5.41) is 11.6. The standard InChI is InChI=1S/C23H29N5O2/c1-15(21(29)27-11-9-23(7-8-23)10-12-27)24-22-26-25-20(30-22)19-17-13-28(14-18(17)19)16-5-3-2-4-6-16/h2-6,15,17-19H,7-14H2,1H3,(H,24,26)/t15-,17-,18?,19-/m1/s1. The zero-order valence-corrected chi connectivity index (χ0v) is 17.5. The third kappa shape index (κ3) is 3.15. The van der Waals surface area contributed by atoms with Gasteiger partial charge in [-0.3, -0.25) is 4.79 Å². The molecule has 0 radical (unpaired) electrons. The average molecular weight is 408 g/mol. The largest absolute Gasteiger partial charge is 0.408 e. The molecule has 2 saturated heterocycles. The first-order valence-electron chi connectivity index (χ1n) is 11.3. The van der Waals surface area contributed by atoms with E-state index in [0.29, 0.717) is 35.1 Å². The third-order valence-corrected chi connectivity index (χ3v) is 7.84. The van der Waals surface area contributed by atoms with Gasteiger partial charge in [0.2, 0.25) is 11.8 Å². The van der Waals surface area contributed by atoms with Crippen LogP contribution in [0.3, 0.4) is 0 Å². The van der Waals surface area contributed by atoms with Crippen molar-refractivity contribution in [3.8, 4) is 0 Å². The Morgan fingerprint density at radius 2 is 1.80 bits per heavy atom. The molecule has 1 spiro atoms. The number of nitrogens with one attached hydrogen (secondary N) is 1. The van der Waals surface area contributed by atoms with Gasteiger partial charge >= 0.3 is 6.01 Å². The summed E-state index contributed by atoms with van der Waals surface area (Å²) in [7, 11) is 0. The summed E-state index contributed by atoms with van der Waals surface area (Å²) >= 11 is 0. The fraction of sp³-hybridized carbons (Fsp3) is 0.609. The van der Waals surface area contributed by atoms with E-state index in [9.17, 15) is 4.79 Å². The molecule has 4 fully saturated rings. The van der Waals surface area contributed by atoms with Gasteiger partial charge in [0.1, 0.15) is 6.04 Å². The van der Waals surface area contributed by atoms with Gasteiger partial charge in [0, 0.05) is 37.8 Å². The van der Waals surface area contributed by atoms with Gasteiger partial charge in [-0.25, -0.2) is 0 Å². The number of rotatable bonds is 5. The van der Waals surface area contributed by atoms with E-state index < -0.39 is 0 Å². The van der Waals surface area contributed by atoms with Crippen LogP contribution < -0.4 is 10.2 Å². The van der Waals surface area contributed by atoms with Crippen molar-refractivity contribution in [2.24, 2.45) is 17.3 Å². The highest BCUT2D eigenvalue weighted by atomic mass is 16.4. The predicted octanol–water partition coefficient (Wildman–Crippen LogP) is 3.12. The molecule has 1 N–H and O–H groups in total. The van der Waals surface area contributed by atoms with E-state index in [1.165, 1.54) is 18.5 Å². The Hall–Kier alpha value is -2.57. The van der Waals surface area contributed by atoms with Crippen molar-refractivity contribution in [2.75, 3.05) is 36.4 Å². The Kier molecular flexibility index (Phi) is 4.08. The van der Waals surface area contributed by atoms with E-state index >= 15 is 0 Å². The summed E-state index contributed by atoms with van der Waals surface area (Å²) in [6.07, 6.45) is 5.00. The van der Waals surface area contributed by atoms with E-state index in [-0.39, 0.29) is 11.9 Å². The molecule has 2 saturated carbocycles. The summed E-state index contributed by atoms with van der Waals surface area (Å²) < 4.78 is 5.91. The molecule has 1 unspecified atom stereocenters. The van der Waals surface area contributed by atoms with Gasteiger partial charge in [-0.15, -0.1) is 5.10 Å². The van der Waals surface area contributed by atoms with Crippen molar-refractivity contribution in [1.29, 1.82) is 0 Å². The first-order chi connectivity index (χ1) is 14.6. The Morgan fingerprint density at radius 3 is 2.47 bits per heavy atom. The molecule has 30 heavy (non-hydrogen) atoms. The number of anilines is 2. The van der Waals surface area contributed by atoms with E-state index in [0.717, 1.165) is 39.0 Å². The van der Waals surface area contributed by atoms with Crippen molar-refractivity contribution in [3.05, 3.63) is 36.2 Å². The molecular formula is C23H29N5O2. The van der Waals surface area contributed by atoms with Gasteiger partial charge in [-0.2, -0.15) is 0 Å². The molecule has 2 aliphatic carbocycles. The number of carbonyl (C=O) groups is 1. The highest BCUT2D eigenvalue weighted by molar-refractivity contribution is 5.83. The number of aromatic nitrogens is 2. The fourth-order valence-electron chi connectivity index (χ4n) is 5.57. The SMILES string of the molecule is C[C@@H](Nc1nnc([C@H]2C3CN(c4ccccc4)C[C@H]32)o1)C(=O)N1CCC2(CC1)CC2. The van der Waals surface area contributed by atoms with Gasteiger partial charge in [0.25, 0.3) is 0 Å². The minimum absolute atomic E-state index is 0.132. The zero-order valence-electron chi connectivity index (χ0n) is 17.5. The van der Waals surface area contributed by atoms with Crippen LogP contribution in [0, 0.1) is 17.3 Å². The molecule has 3 heterocycles. The van der Waals surface area contributed by atoms with Crippen LogP contribution in [0.1, 0.15) is 44.4 Å². The number of hydrogen-bond acceptors (Lipinski definition) is 6. The molecule has 2 aromatic rings. The zero-order chi connectivity index (χ0) is 20.3. The molecule has 1 aromatic carbocycles. The van der Waals surface area contributed by atoms with E-state index in [1.54, 1.807) is 0 Å². The highest BCUT2D eigenvalue weighted by Gasteiger charge is 2.59. The fourth-order valence-corrected chi connectivity index (χ4v) is 5.57. The second-order valence-electron chi connectivity index (χ2n) is 9.73. The molecule has 2 aliphatic heterocycles. The number of carbonyl (C=O) groups excluding carboxylic acids is 1. The molecule has 4 atom stereocenters. The normalized spacial score (nSPS) is 29.6. The number of para-hydroxylation sites is 1. The van der Waals surface area contributed by atoms with Crippen LogP contribution in [0.25, 0.3) is 0 Å². The van der Waals surface area contributed by atoms with Gasteiger partial charge in [-0.05, 0) is 62.0 Å². The molecule has 1 amide bonds. The Balaban J connectivity index is 1.03. The van der Waals surface area contributed by atoms with Crippen LogP contribution >= 0.6 is 0 Å². The second-order valence-corrected chi connectivity index (χ2v) is 9.73. The van der Waals surface area contributed by atoms with Crippen LogP contribution in [-0.2, 0) is 4.79 Å². The van der Waals surface area contributed by atoms with Crippen molar-refractivity contribution >= 4 is 17.6 Å². The first kappa shape index (κ1) is 18.2. The number of piperidine rings is 2. The van der Waals surface area contributed by atoms with E-state index in [2.05, 4.69) is 50.7 Å². The molecule has 1 aromatic heterocycles. The number of nitrogens with zero attached hydrogens (tertiary/aromatic N) is 4. The smallest absolute Gasteiger partial charge is 0.316 e. The monoisotopic (exact) mass is 407 g/mol. The molecule has 7 nitrogen and oxygen atoms in total. The van der Waals surface area contributed by atoms with Crippen molar-refractivity contribution < 1.29 is 9.21 Å². The number of amides is 1. The summed E-state index contributed by atoms with van der Waals surface area (Å²) in [5.74, 6) is 2.37. The minimum atomic E-state index is -0.348. The van der Waals surface area contributed by atoms with Crippen LogP contribution in [0.15, 0.2) is 34.7 Å². The lowest BCUT2D eigenvalue weighted by molar-refractivity contribution is -0.133. The Morgan fingerprint density at radius 1 is 1.10 bits per heavy atom. The minimum Gasteiger partial charge on any atom is -0.408 e. The summed E-state index contributed by atoms with van der Waals surface area (Å²) in [5.41, 5.74) is 1.86. The number of fused-ring (bicyclic) bond motifs is 1. The van der Waals surface area contributed by atoms with Crippen molar-refractivity contribution in [3.63, 3.8) is 0 Å². The molecule has 6 rings (SSSR count). The highest BCUT2D eigenvalue weighted by Crippen LogP contribution is 2.58. The maximum absolute atomic E-state index is 12.8. The third-order valence-electron chi connectivity index (χ3n) is 7.84. The van der Waals surface area contributed by atoms with E-state index in [4.69, 9.17) is 4.42 Å². The van der Waals surface area contributed by atoms with E-state index in [1.807, 2.05) is 11.8 Å². The van der Waals surface area contributed by atoms with Gasteiger partial charge in [-0.1, -0.05) is 23.3 Å². The van der Waals surface area contributed by atoms with Gasteiger partial charge in [0.05, 0.1) is 0 Å². The van der Waals surface area contributed by atoms with Gasteiger partial charge < -0.3 is 19.5 Å². The van der Waals surface area contributed by atoms with Crippen LogP contribution in [0.2, 0.25) is 0 Å². The molecule has 158 valence electrons. The van der Waals surface area contributed by atoms with Crippen molar-refractivity contribution in [1.82, 2.24) is 15.1 Å². The number of likely N-dealkylation sites (tertiary alicyclic amines) is 1. The first-order valence-corrected chi connectivity index (χ1v) is 11.3. The second kappa shape index (κ2) is 6.72. The Labute approximate surface area is 176 Å². The maximum Gasteiger partial charge on any atom is 0.316 e. The van der Waals surface area contributed by atoms with Gasteiger partial charge in [0.15, 0.2) is 0 Å².